The quantitative estimate of drug-likeness (QED) is 0.359. The van der Waals surface area contributed by atoms with E-state index in [1.54, 1.807) is 0 Å². The minimum absolute atomic E-state index is 0.0105. The molecule has 3 rings (SSSR count). The highest BCUT2D eigenvalue weighted by Gasteiger charge is 2.27. The number of oxime groups is 1. The van der Waals surface area contributed by atoms with Gasteiger partial charge in [0.05, 0.1) is 18.8 Å². The number of hydrogen-bond donors (Lipinski definition) is 3. The molecule has 0 aromatic heterocycles. The van der Waals surface area contributed by atoms with Gasteiger partial charge < -0.3 is 15.3 Å². The van der Waals surface area contributed by atoms with E-state index in [0.717, 1.165) is 56.0 Å². The number of hydrogen-bond acceptors (Lipinski definition) is 6. The van der Waals surface area contributed by atoms with E-state index in [4.69, 9.17) is 21.8 Å². The van der Waals surface area contributed by atoms with Crippen LogP contribution < -0.4 is 5.32 Å². The van der Waals surface area contributed by atoms with Gasteiger partial charge in [0.2, 0.25) is 0 Å². The summed E-state index contributed by atoms with van der Waals surface area (Å²) in [6.07, 6.45) is 5.95. The van der Waals surface area contributed by atoms with Crippen LogP contribution in [-0.4, -0.2) is 84.3 Å². The number of terminal acetylenes is 1. The van der Waals surface area contributed by atoms with Crippen LogP contribution in [0.25, 0.3) is 0 Å². The summed E-state index contributed by atoms with van der Waals surface area (Å²) in [5.74, 6) is 1.97. The van der Waals surface area contributed by atoms with Gasteiger partial charge in [-0.15, -0.1) is 6.42 Å². The maximum atomic E-state index is 10.8. The molecular weight excluding hydrogens is 358 g/mol. The van der Waals surface area contributed by atoms with Crippen LogP contribution in [0.3, 0.4) is 0 Å². The van der Waals surface area contributed by atoms with Gasteiger partial charge in [0.1, 0.15) is 11.9 Å². The molecule has 2 aliphatic heterocycles. The van der Waals surface area contributed by atoms with Gasteiger partial charge in [0.15, 0.2) is 0 Å². The van der Waals surface area contributed by atoms with Crippen LogP contribution in [0.5, 0.6) is 0 Å². The number of aliphatic carboxylic acids is 1. The van der Waals surface area contributed by atoms with Crippen LogP contribution in [0.2, 0.25) is 0 Å². The maximum absolute atomic E-state index is 10.8. The summed E-state index contributed by atoms with van der Waals surface area (Å²) >= 11 is 0. The van der Waals surface area contributed by atoms with Crippen LogP contribution in [0, 0.1) is 17.8 Å². The zero-order chi connectivity index (χ0) is 19.9. The molecule has 0 saturated carbocycles. The zero-order valence-corrected chi connectivity index (χ0v) is 15.7. The van der Waals surface area contributed by atoms with Gasteiger partial charge >= 0.3 is 5.97 Å². The molecule has 1 aromatic rings. The molecule has 1 fully saturated rings. The number of carbonyl (C=O) groups is 1. The lowest BCUT2D eigenvalue weighted by atomic mass is 10.0. The van der Waals surface area contributed by atoms with Crippen molar-refractivity contribution in [2.45, 2.75) is 12.5 Å². The third-order valence-corrected chi connectivity index (χ3v) is 4.89. The molecule has 1 atom stereocenters. The van der Waals surface area contributed by atoms with E-state index < -0.39 is 5.97 Å². The van der Waals surface area contributed by atoms with Crippen molar-refractivity contribution < 1.29 is 14.7 Å². The van der Waals surface area contributed by atoms with Crippen LogP contribution in [-0.2, 0) is 9.63 Å². The van der Waals surface area contributed by atoms with E-state index >= 15 is 0 Å². The lowest BCUT2D eigenvalue weighted by molar-refractivity contribution is -0.138. The molecule has 0 bridgehead atoms. The molecule has 1 unspecified atom stereocenters. The number of nitrogens with zero attached hydrogens (tertiary/aromatic N) is 3. The Balaban J connectivity index is 1.46. The largest absolute Gasteiger partial charge is 0.480 e. The maximum Gasteiger partial charge on any atom is 0.317 e. The minimum atomic E-state index is -0.779. The van der Waals surface area contributed by atoms with Crippen molar-refractivity contribution in [3.63, 3.8) is 0 Å². The second-order valence-corrected chi connectivity index (χ2v) is 6.95. The molecule has 8 heteroatoms. The molecule has 3 N–H and O–H groups in total. The SMILES string of the molecule is C#CCNC(=N)c1ccc(C2=NOC(CN3CCN(CC(=O)O)CC3)C2)cc1. The Bertz CT molecular complexity index is 776. The lowest BCUT2D eigenvalue weighted by Crippen LogP contribution is -2.49. The molecular formula is C20H25N5O3. The van der Waals surface area contributed by atoms with Gasteiger partial charge in [0, 0.05) is 44.7 Å². The van der Waals surface area contributed by atoms with Gasteiger partial charge in [-0.3, -0.25) is 20.0 Å². The molecule has 0 aliphatic carbocycles. The van der Waals surface area contributed by atoms with Crippen molar-refractivity contribution in [1.29, 1.82) is 5.41 Å². The van der Waals surface area contributed by atoms with Crippen LogP contribution in [0.1, 0.15) is 17.5 Å². The Morgan fingerprint density at radius 2 is 1.96 bits per heavy atom. The molecule has 28 heavy (non-hydrogen) atoms. The highest BCUT2D eigenvalue weighted by atomic mass is 16.6. The number of carboxylic acids is 1. The van der Waals surface area contributed by atoms with Gasteiger partial charge in [-0.05, 0) is 5.56 Å². The first-order valence-corrected chi connectivity index (χ1v) is 9.31. The molecule has 2 aliphatic rings. The number of amidine groups is 1. The standard InChI is InChI=1S/C20H25N5O3/c1-2-7-22-20(21)16-5-3-15(4-6-16)18-12-17(28-23-18)13-24-8-10-25(11-9-24)14-19(26)27/h1,3-6,17H,7-14H2,(H2,21,22)(H,26,27). The average molecular weight is 383 g/mol. The van der Waals surface area contributed by atoms with Crippen molar-refractivity contribution >= 4 is 17.5 Å². The third kappa shape index (κ3) is 5.31. The zero-order valence-electron chi connectivity index (χ0n) is 15.7. The van der Waals surface area contributed by atoms with Crippen LogP contribution >= 0.6 is 0 Å². The number of rotatable bonds is 7. The first-order chi connectivity index (χ1) is 13.5. The Morgan fingerprint density at radius 3 is 2.61 bits per heavy atom. The molecule has 148 valence electrons. The highest BCUT2D eigenvalue weighted by Crippen LogP contribution is 2.19. The van der Waals surface area contributed by atoms with Crippen molar-refractivity contribution in [2.24, 2.45) is 5.16 Å². The molecule has 1 aromatic carbocycles. The smallest absolute Gasteiger partial charge is 0.317 e. The monoisotopic (exact) mass is 383 g/mol. The van der Waals surface area contributed by atoms with Crippen LogP contribution in [0.15, 0.2) is 29.4 Å². The predicted molar refractivity (Wildman–Crippen MR) is 107 cm³/mol. The molecule has 0 amide bonds. The first-order valence-electron chi connectivity index (χ1n) is 9.31. The van der Waals surface area contributed by atoms with Gasteiger partial charge in [0.25, 0.3) is 0 Å². The van der Waals surface area contributed by atoms with Crippen molar-refractivity contribution in [3.05, 3.63) is 35.4 Å². The Labute approximate surface area is 164 Å². The van der Waals surface area contributed by atoms with Crippen molar-refractivity contribution in [1.82, 2.24) is 15.1 Å². The van der Waals surface area contributed by atoms with Crippen molar-refractivity contribution in [2.75, 3.05) is 45.8 Å². The van der Waals surface area contributed by atoms with Crippen molar-refractivity contribution in [3.8, 4) is 12.3 Å². The van der Waals surface area contributed by atoms with Gasteiger partial charge in [-0.2, -0.15) is 0 Å². The fraction of sp³-hybridized carbons (Fsp3) is 0.450. The summed E-state index contributed by atoms with van der Waals surface area (Å²) in [5.41, 5.74) is 2.67. The van der Waals surface area contributed by atoms with Gasteiger partial charge in [-0.25, -0.2) is 0 Å². The van der Waals surface area contributed by atoms with Gasteiger partial charge in [-0.1, -0.05) is 35.3 Å². The summed E-state index contributed by atoms with van der Waals surface area (Å²) in [5, 5.41) is 23.9. The molecule has 0 radical (unpaired) electrons. The minimum Gasteiger partial charge on any atom is -0.480 e. The first kappa shape index (κ1) is 19.9. The average Bonchev–Trinajstić information content (AvgIpc) is 3.16. The van der Waals surface area contributed by atoms with E-state index in [-0.39, 0.29) is 12.6 Å². The van der Waals surface area contributed by atoms with E-state index in [1.165, 1.54) is 0 Å². The summed E-state index contributed by atoms with van der Waals surface area (Å²) < 4.78 is 0. The predicted octanol–water partition coefficient (Wildman–Crippen LogP) is 0.430. The fourth-order valence-corrected chi connectivity index (χ4v) is 3.38. The number of carboxylic acid groups (broad SMARTS) is 1. The summed E-state index contributed by atoms with van der Waals surface area (Å²) in [6.45, 7) is 4.41. The summed E-state index contributed by atoms with van der Waals surface area (Å²) in [7, 11) is 0. The second-order valence-electron chi connectivity index (χ2n) is 6.95. The second kappa shape index (κ2) is 9.35. The number of nitrogens with one attached hydrogen (secondary N) is 2. The molecule has 2 heterocycles. The van der Waals surface area contributed by atoms with E-state index in [9.17, 15) is 4.79 Å². The third-order valence-electron chi connectivity index (χ3n) is 4.89. The molecule has 8 nitrogen and oxygen atoms in total. The molecule has 1 saturated heterocycles. The summed E-state index contributed by atoms with van der Waals surface area (Å²) in [6, 6.07) is 7.63. The normalized spacial score (nSPS) is 20.1. The summed E-state index contributed by atoms with van der Waals surface area (Å²) in [4.78, 5) is 20.6. The lowest BCUT2D eigenvalue weighted by Gasteiger charge is -2.34. The fourth-order valence-electron chi connectivity index (χ4n) is 3.38. The van der Waals surface area contributed by atoms with Crippen LogP contribution in [0.4, 0.5) is 0 Å². The number of piperazine rings is 1. The molecule has 0 spiro atoms. The Kier molecular flexibility index (Phi) is 6.63. The van der Waals surface area contributed by atoms with E-state index in [2.05, 4.69) is 21.3 Å². The number of benzene rings is 1. The topological polar surface area (TPSA) is 101 Å². The Hall–Kier alpha value is -2.89. The highest BCUT2D eigenvalue weighted by molar-refractivity contribution is 6.02. The van der Waals surface area contributed by atoms with E-state index in [1.807, 2.05) is 29.2 Å². The Morgan fingerprint density at radius 1 is 1.29 bits per heavy atom. The van der Waals surface area contributed by atoms with E-state index in [0.29, 0.717) is 12.4 Å².